The number of likely N-dealkylation sites (tertiary alicyclic amines) is 1. The Kier molecular flexibility index (Phi) is 6.14. The number of anilines is 1. The molecular weight excluding hydrogens is 352 g/mol. The summed E-state index contributed by atoms with van der Waals surface area (Å²) < 4.78 is 5.28. The highest BCUT2D eigenvalue weighted by atomic mass is 35.5. The summed E-state index contributed by atoms with van der Waals surface area (Å²) in [6.45, 7) is 6.19. The molecule has 140 valence electrons. The molecule has 1 saturated heterocycles. The van der Waals surface area contributed by atoms with E-state index >= 15 is 0 Å². The lowest BCUT2D eigenvalue weighted by Gasteiger charge is -2.27. The lowest BCUT2D eigenvalue weighted by molar-refractivity contribution is 0.0725. The molecule has 26 heavy (non-hydrogen) atoms. The number of carbonyl (C=O) groups excluding carboxylic acids is 1. The third-order valence-electron chi connectivity index (χ3n) is 4.39. The van der Waals surface area contributed by atoms with Crippen LogP contribution in [0.3, 0.4) is 0 Å². The van der Waals surface area contributed by atoms with E-state index in [9.17, 15) is 4.79 Å². The van der Waals surface area contributed by atoms with Crippen molar-refractivity contribution in [3.05, 3.63) is 40.5 Å². The Morgan fingerprint density at radius 2 is 2.08 bits per heavy atom. The van der Waals surface area contributed by atoms with Gasteiger partial charge < -0.3 is 14.7 Å². The molecule has 0 unspecified atom stereocenters. The molecule has 1 aliphatic heterocycles. The third-order valence-corrected chi connectivity index (χ3v) is 4.62. The summed E-state index contributed by atoms with van der Waals surface area (Å²) in [5.41, 5.74) is 1.31. The van der Waals surface area contributed by atoms with Gasteiger partial charge in [-0.1, -0.05) is 30.6 Å². The Labute approximate surface area is 158 Å². The van der Waals surface area contributed by atoms with Crippen molar-refractivity contribution < 1.29 is 9.32 Å². The molecule has 0 saturated carbocycles. The number of amides is 1. The number of hydrogen-bond acceptors (Lipinski definition) is 5. The highest BCUT2D eigenvalue weighted by Gasteiger charge is 2.21. The molecule has 1 aromatic carbocycles. The molecule has 3 rings (SSSR count). The highest BCUT2D eigenvalue weighted by molar-refractivity contribution is 6.31. The van der Waals surface area contributed by atoms with E-state index in [0.717, 1.165) is 32.4 Å². The van der Waals surface area contributed by atoms with Gasteiger partial charge >= 0.3 is 0 Å². The molecule has 0 bridgehead atoms. The van der Waals surface area contributed by atoms with Crippen LogP contribution >= 0.6 is 11.6 Å². The smallest absolute Gasteiger partial charge is 0.255 e. The average molecular weight is 377 g/mol. The molecule has 0 aliphatic carbocycles. The number of benzene rings is 1. The molecule has 1 N–H and O–H groups in total. The van der Waals surface area contributed by atoms with Crippen LogP contribution in [-0.4, -0.2) is 34.0 Å². The molecule has 7 heteroatoms. The van der Waals surface area contributed by atoms with Gasteiger partial charge in [-0.2, -0.15) is 4.98 Å². The number of carbonyl (C=O) groups is 1. The van der Waals surface area contributed by atoms with E-state index in [4.69, 9.17) is 16.1 Å². The molecule has 0 spiro atoms. The first-order valence-electron chi connectivity index (χ1n) is 9.17. The van der Waals surface area contributed by atoms with Gasteiger partial charge in [0.1, 0.15) is 0 Å². The summed E-state index contributed by atoms with van der Waals surface area (Å²) in [6.07, 6.45) is 4.08. The minimum atomic E-state index is 0.0369. The number of aromatic nitrogens is 2. The van der Waals surface area contributed by atoms with E-state index in [1.807, 2.05) is 4.90 Å². The molecule has 6 nitrogen and oxygen atoms in total. The fourth-order valence-electron chi connectivity index (χ4n) is 3.10. The molecule has 0 radical (unpaired) electrons. The predicted octanol–water partition coefficient (Wildman–Crippen LogP) is 4.16. The Balaban J connectivity index is 1.71. The second kappa shape index (κ2) is 8.54. The van der Waals surface area contributed by atoms with Crippen LogP contribution < -0.4 is 5.32 Å². The van der Waals surface area contributed by atoms with E-state index in [0.29, 0.717) is 40.5 Å². The minimum Gasteiger partial charge on any atom is -0.375 e. The van der Waals surface area contributed by atoms with Gasteiger partial charge in [0.2, 0.25) is 5.89 Å². The minimum absolute atomic E-state index is 0.0369. The van der Waals surface area contributed by atoms with Crippen LogP contribution in [0.4, 0.5) is 5.69 Å². The lowest BCUT2D eigenvalue weighted by atomic mass is 10.1. The van der Waals surface area contributed by atoms with Crippen LogP contribution in [0.1, 0.15) is 55.2 Å². The van der Waals surface area contributed by atoms with Crippen LogP contribution in [0.2, 0.25) is 5.02 Å². The molecular formula is C19H25ClN4O2. The monoisotopic (exact) mass is 376 g/mol. The summed E-state index contributed by atoms with van der Waals surface area (Å²) >= 11 is 6.13. The van der Waals surface area contributed by atoms with Crippen LogP contribution in [0.15, 0.2) is 22.7 Å². The van der Waals surface area contributed by atoms with Crippen molar-refractivity contribution in [2.45, 2.75) is 46.1 Å². The SMILES string of the molecule is CC(C)Cc1noc(CNc2cc(Cl)ccc2C(=O)N2CCCCC2)n1. The summed E-state index contributed by atoms with van der Waals surface area (Å²) in [4.78, 5) is 19.2. The molecule has 1 aromatic heterocycles. The van der Waals surface area contributed by atoms with E-state index in [-0.39, 0.29) is 5.91 Å². The number of nitrogens with zero attached hydrogens (tertiary/aromatic N) is 3. The van der Waals surface area contributed by atoms with Crippen molar-refractivity contribution in [2.75, 3.05) is 18.4 Å². The van der Waals surface area contributed by atoms with Gasteiger partial charge in [-0.05, 0) is 43.4 Å². The van der Waals surface area contributed by atoms with Crippen LogP contribution in [0.5, 0.6) is 0 Å². The molecule has 2 heterocycles. The Morgan fingerprint density at radius 1 is 1.31 bits per heavy atom. The highest BCUT2D eigenvalue weighted by Crippen LogP contribution is 2.24. The van der Waals surface area contributed by atoms with E-state index in [1.54, 1.807) is 18.2 Å². The van der Waals surface area contributed by atoms with Gasteiger partial charge in [0, 0.05) is 30.2 Å². The predicted molar refractivity (Wildman–Crippen MR) is 101 cm³/mol. The van der Waals surface area contributed by atoms with Crippen LogP contribution in [0, 0.1) is 5.92 Å². The number of hydrogen-bond donors (Lipinski definition) is 1. The first kappa shape index (κ1) is 18.7. The zero-order valence-electron chi connectivity index (χ0n) is 15.3. The largest absolute Gasteiger partial charge is 0.375 e. The first-order valence-corrected chi connectivity index (χ1v) is 9.55. The maximum Gasteiger partial charge on any atom is 0.255 e. The normalized spacial score (nSPS) is 14.7. The first-order chi connectivity index (χ1) is 12.5. The zero-order chi connectivity index (χ0) is 18.5. The van der Waals surface area contributed by atoms with Gasteiger partial charge in [0.15, 0.2) is 5.82 Å². The van der Waals surface area contributed by atoms with Crippen LogP contribution in [-0.2, 0) is 13.0 Å². The standard InChI is InChI=1S/C19H25ClN4O2/c1-13(2)10-17-22-18(26-23-17)12-21-16-11-14(20)6-7-15(16)19(25)24-8-4-3-5-9-24/h6-7,11,13,21H,3-5,8-10,12H2,1-2H3. The number of nitrogens with one attached hydrogen (secondary N) is 1. The molecule has 2 aromatic rings. The van der Waals surface area contributed by atoms with E-state index < -0.39 is 0 Å². The second-order valence-electron chi connectivity index (χ2n) is 7.10. The average Bonchev–Trinajstić information content (AvgIpc) is 3.07. The van der Waals surface area contributed by atoms with Crippen molar-refractivity contribution in [1.82, 2.24) is 15.0 Å². The second-order valence-corrected chi connectivity index (χ2v) is 7.54. The maximum absolute atomic E-state index is 12.9. The van der Waals surface area contributed by atoms with Crippen molar-refractivity contribution >= 4 is 23.2 Å². The van der Waals surface area contributed by atoms with E-state index in [1.165, 1.54) is 6.42 Å². The van der Waals surface area contributed by atoms with Crippen molar-refractivity contribution in [1.29, 1.82) is 0 Å². The summed E-state index contributed by atoms with van der Waals surface area (Å²) in [7, 11) is 0. The van der Waals surface area contributed by atoms with Crippen molar-refractivity contribution in [3.63, 3.8) is 0 Å². The maximum atomic E-state index is 12.9. The molecule has 1 fully saturated rings. The van der Waals surface area contributed by atoms with Crippen LogP contribution in [0.25, 0.3) is 0 Å². The Hall–Kier alpha value is -2.08. The fraction of sp³-hybridized carbons (Fsp3) is 0.526. The van der Waals surface area contributed by atoms with Gasteiger partial charge in [0.25, 0.3) is 5.91 Å². The van der Waals surface area contributed by atoms with Gasteiger partial charge in [-0.3, -0.25) is 4.79 Å². The zero-order valence-corrected chi connectivity index (χ0v) is 16.1. The third kappa shape index (κ3) is 4.75. The Bertz CT molecular complexity index is 754. The fourth-order valence-corrected chi connectivity index (χ4v) is 3.27. The van der Waals surface area contributed by atoms with Gasteiger partial charge in [-0.15, -0.1) is 0 Å². The van der Waals surface area contributed by atoms with Gasteiger partial charge in [-0.25, -0.2) is 0 Å². The number of piperidine rings is 1. The van der Waals surface area contributed by atoms with Crippen molar-refractivity contribution in [3.8, 4) is 0 Å². The molecule has 1 aliphatic rings. The number of halogens is 1. The Morgan fingerprint density at radius 3 is 2.81 bits per heavy atom. The summed E-state index contributed by atoms with van der Waals surface area (Å²) in [5, 5.41) is 7.80. The van der Waals surface area contributed by atoms with Crippen molar-refractivity contribution in [2.24, 2.45) is 5.92 Å². The van der Waals surface area contributed by atoms with E-state index in [2.05, 4.69) is 29.3 Å². The topological polar surface area (TPSA) is 71.3 Å². The molecule has 1 amide bonds. The summed E-state index contributed by atoms with van der Waals surface area (Å²) in [5.74, 6) is 1.70. The quantitative estimate of drug-likeness (QED) is 0.819. The van der Waals surface area contributed by atoms with Gasteiger partial charge in [0.05, 0.1) is 12.1 Å². The molecule has 0 atom stereocenters. The summed E-state index contributed by atoms with van der Waals surface area (Å²) in [6, 6.07) is 5.29. The number of rotatable bonds is 6. The lowest BCUT2D eigenvalue weighted by Crippen LogP contribution is -2.36.